The van der Waals surface area contributed by atoms with Crippen molar-refractivity contribution in [2.75, 3.05) is 0 Å². The molecule has 0 amide bonds. The molecule has 0 fully saturated rings. The van der Waals surface area contributed by atoms with E-state index in [2.05, 4.69) is 60.7 Å². The number of para-hydroxylation sites is 1. The Morgan fingerprint density at radius 3 is 2.45 bits per heavy atom. The smallest absolute Gasteiger partial charge is 0.139 e. The number of nitrogens with zero attached hydrogens (tertiary/aromatic N) is 5. The van der Waals surface area contributed by atoms with Gasteiger partial charge >= 0.3 is 0 Å². The third kappa shape index (κ3) is 3.99. The zero-order valence-electron chi connectivity index (χ0n) is 21.8. The number of ether oxygens (including phenoxy) is 1. The molecule has 6 rings (SSSR count). The third-order valence-corrected chi connectivity index (χ3v) is 6.86. The Morgan fingerprint density at radius 1 is 0.842 bits per heavy atom. The zero-order chi connectivity index (χ0) is 26.4. The summed E-state index contributed by atoms with van der Waals surface area (Å²) in [5.41, 5.74) is 4.53. The molecule has 0 saturated carbocycles. The first-order valence-electron chi connectivity index (χ1n) is 12.5. The number of aromatic nitrogens is 4. The lowest BCUT2D eigenvalue weighted by Crippen LogP contribution is -2.12. The molecule has 6 nitrogen and oxygen atoms in total. The maximum Gasteiger partial charge on any atom is 0.139 e. The van der Waals surface area contributed by atoms with Crippen molar-refractivity contribution in [1.82, 2.24) is 19.1 Å². The molecule has 3 aromatic heterocycles. The van der Waals surface area contributed by atoms with E-state index in [4.69, 9.17) is 9.72 Å². The van der Waals surface area contributed by atoms with Crippen LogP contribution in [0.4, 0.5) is 0 Å². The molecule has 0 aliphatic rings. The van der Waals surface area contributed by atoms with Gasteiger partial charge in [0.2, 0.25) is 0 Å². The topological polar surface area (TPSA) is 68.7 Å². The molecule has 0 aliphatic heterocycles. The van der Waals surface area contributed by atoms with E-state index in [1.165, 1.54) is 5.56 Å². The lowest BCUT2D eigenvalue weighted by molar-refractivity contribution is 0.483. The Hall–Kier alpha value is -4.89. The quantitative estimate of drug-likeness (QED) is 0.252. The van der Waals surface area contributed by atoms with Crippen molar-refractivity contribution < 1.29 is 4.74 Å². The molecule has 38 heavy (non-hydrogen) atoms. The Balaban J connectivity index is 1.54. The predicted molar refractivity (Wildman–Crippen MR) is 151 cm³/mol. The molecule has 3 aromatic carbocycles. The Kier molecular flexibility index (Phi) is 5.50. The van der Waals surface area contributed by atoms with Crippen molar-refractivity contribution in [2.45, 2.75) is 26.2 Å². The van der Waals surface area contributed by atoms with Crippen molar-refractivity contribution in [3.63, 3.8) is 0 Å². The largest absolute Gasteiger partial charge is 0.457 e. The van der Waals surface area contributed by atoms with E-state index < -0.39 is 0 Å². The number of hydrogen-bond acceptors (Lipinski definition) is 4. The minimum Gasteiger partial charge on any atom is -0.457 e. The van der Waals surface area contributed by atoms with Gasteiger partial charge in [0, 0.05) is 48.0 Å². The van der Waals surface area contributed by atoms with Crippen molar-refractivity contribution in [2.24, 2.45) is 7.05 Å². The van der Waals surface area contributed by atoms with Crippen LogP contribution in [0.2, 0.25) is 0 Å². The molecule has 0 atom stereocenters. The van der Waals surface area contributed by atoms with Gasteiger partial charge in [-0.3, -0.25) is 4.57 Å². The number of aryl methyl sites for hydroxylation is 1. The molecule has 0 spiro atoms. The van der Waals surface area contributed by atoms with Crippen molar-refractivity contribution in [3.05, 3.63) is 103 Å². The lowest BCUT2D eigenvalue weighted by Gasteiger charge is -2.20. The molecular formula is C32H27N5O. The molecule has 0 aliphatic carbocycles. The van der Waals surface area contributed by atoms with Crippen molar-refractivity contribution >= 4 is 21.8 Å². The number of rotatable bonds is 4. The second-order valence-electron chi connectivity index (χ2n) is 10.5. The molecule has 0 bridgehead atoms. The normalized spacial score (nSPS) is 11.7. The van der Waals surface area contributed by atoms with Gasteiger partial charge in [-0.25, -0.2) is 9.97 Å². The maximum absolute atomic E-state index is 10.2. The van der Waals surface area contributed by atoms with E-state index in [1.807, 2.05) is 72.5 Å². The number of fused-ring (bicyclic) bond motifs is 3. The average molecular weight is 498 g/mol. The number of imidazole rings is 1. The molecule has 186 valence electrons. The van der Waals surface area contributed by atoms with E-state index in [0.29, 0.717) is 17.1 Å². The van der Waals surface area contributed by atoms with E-state index in [-0.39, 0.29) is 5.41 Å². The van der Waals surface area contributed by atoms with Crippen LogP contribution < -0.4 is 4.74 Å². The molecule has 6 aromatic rings. The maximum atomic E-state index is 10.2. The first-order valence-corrected chi connectivity index (χ1v) is 12.5. The summed E-state index contributed by atoms with van der Waals surface area (Å²) in [5.74, 6) is 2.92. The summed E-state index contributed by atoms with van der Waals surface area (Å²) < 4.78 is 10.4. The van der Waals surface area contributed by atoms with E-state index in [1.54, 1.807) is 6.20 Å². The first kappa shape index (κ1) is 23.5. The second kappa shape index (κ2) is 8.89. The van der Waals surface area contributed by atoms with Crippen LogP contribution in [-0.2, 0) is 12.5 Å². The molecular weight excluding hydrogens is 470 g/mol. The van der Waals surface area contributed by atoms with Gasteiger partial charge in [0.15, 0.2) is 0 Å². The summed E-state index contributed by atoms with van der Waals surface area (Å²) in [6, 6.07) is 26.3. The van der Waals surface area contributed by atoms with E-state index >= 15 is 0 Å². The fourth-order valence-electron chi connectivity index (χ4n) is 4.95. The molecule has 3 heterocycles. The van der Waals surface area contributed by atoms with E-state index in [0.717, 1.165) is 39.0 Å². The summed E-state index contributed by atoms with van der Waals surface area (Å²) >= 11 is 0. The Bertz CT molecular complexity index is 1860. The molecule has 0 unspecified atom stereocenters. The van der Waals surface area contributed by atoms with Crippen molar-refractivity contribution in [1.29, 1.82) is 5.26 Å². The minimum absolute atomic E-state index is 0.0270. The van der Waals surface area contributed by atoms with Crippen LogP contribution in [0.1, 0.15) is 31.9 Å². The van der Waals surface area contributed by atoms with Crippen LogP contribution in [0.25, 0.3) is 39.0 Å². The number of nitriles is 1. The standard InChI is InChI=1S/C32H27N5O/c1-32(2,3)23-12-13-34-29(18-23)37-27-11-6-5-10-26(27)30-22(20-33)17-25(19-28(30)37)38-24-9-7-8-21(16-24)31-35-14-15-36(31)4/h5-19H,1-4H3. The Labute approximate surface area is 221 Å². The van der Waals surface area contributed by atoms with Gasteiger partial charge in [-0.05, 0) is 47.4 Å². The third-order valence-electron chi connectivity index (χ3n) is 6.86. The van der Waals surface area contributed by atoms with Gasteiger partial charge in [-0.1, -0.05) is 51.1 Å². The van der Waals surface area contributed by atoms with Crippen LogP contribution in [0.15, 0.2) is 91.4 Å². The monoisotopic (exact) mass is 497 g/mol. The number of pyridine rings is 1. The zero-order valence-corrected chi connectivity index (χ0v) is 21.8. The van der Waals surface area contributed by atoms with Gasteiger partial charge in [0.05, 0.1) is 22.7 Å². The summed E-state index contributed by atoms with van der Waals surface area (Å²) in [5, 5.41) is 12.1. The average Bonchev–Trinajstić information content (AvgIpc) is 3.49. The van der Waals surface area contributed by atoms with Gasteiger partial charge < -0.3 is 9.30 Å². The number of hydrogen-bond donors (Lipinski definition) is 0. The molecule has 0 saturated heterocycles. The highest BCUT2D eigenvalue weighted by Crippen LogP contribution is 2.38. The lowest BCUT2D eigenvalue weighted by atomic mass is 9.88. The van der Waals surface area contributed by atoms with Crippen LogP contribution in [0.5, 0.6) is 11.5 Å². The van der Waals surface area contributed by atoms with E-state index in [9.17, 15) is 5.26 Å². The molecule has 0 N–H and O–H groups in total. The van der Waals surface area contributed by atoms with Gasteiger partial charge in [0.25, 0.3) is 0 Å². The summed E-state index contributed by atoms with van der Waals surface area (Å²) in [6.45, 7) is 6.57. The van der Waals surface area contributed by atoms with Crippen LogP contribution >= 0.6 is 0 Å². The van der Waals surface area contributed by atoms with Crippen molar-refractivity contribution in [3.8, 4) is 34.8 Å². The van der Waals surface area contributed by atoms with Crippen LogP contribution in [0.3, 0.4) is 0 Å². The highest BCUT2D eigenvalue weighted by molar-refractivity contribution is 6.12. The first-order chi connectivity index (χ1) is 18.3. The fraction of sp³-hybridized carbons (Fsp3) is 0.156. The van der Waals surface area contributed by atoms with Gasteiger partial charge in [-0.2, -0.15) is 5.26 Å². The van der Waals surface area contributed by atoms with Crippen LogP contribution in [-0.4, -0.2) is 19.1 Å². The Morgan fingerprint density at radius 2 is 1.68 bits per heavy atom. The van der Waals surface area contributed by atoms with Crippen LogP contribution in [0, 0.1) is 11.3 Å². The van der Waals surface area contributed by atoms with Gasteiger partial charge in [-0.15, -0.1) is 0 Å². The minimum atomic E-state index is -0.0270. The predicted octanol–water partition coefficient (Wildman–Crippen LogP) is 7.54. The number of benzene rings is 3. The summed E-state index contributed by atoms with van der Waals surface area (Å²) in [6.07, 6.45) is 5.54. The fourth-order valence-corrected chi connectivity index (χ4v) is 4.95. The highest BCUT2D eigenvalue weighted by Gasteiger charge is 2.20. The van der Waals surface area contributed by atoms with Gasteiger partial charge in [0.1, 0.15) is 23.1 Å². The summed E-state index contributed by atoms with van der Waals surface area (Å²) in [7, 11) is 1.96. The second-order valence-corrected chi connectivity index (χ2v) is 10.5. The summed E-state index contributed by atoms with van der Waals surface area (Å²) in [4.78, 5) is 9.19. The highest BCUT2D eigenvalue weighted by atomic mass is 16.5. The SMILES string of the molecule is Cn1ccnc1-c1cccc(Oc2cc(C#N)c3c4ccccc4n(-c4cc(C(C)(C)C)ccn4)c3c2)c1. The molecule has 0 radical (unpaired) electrons. The molecule has 6 heteroatoms.